The molecule has 0 saturated heterocycles. The molecule has 0 aliphatic rings. The van der Waals surface area contributed by atoms with Gasteiger partial charge in [0, 0.05) is 23.6 Å². The van der Waals surface area contributed by atoms with E-state index in [2.05, 4.69) is 9.97 Å². The van der Waals surface area contributed by atoms with Gasteiger partial charge in [0.1, 0.15) is 6.10 Å². The topological polar surface area (TPSA) is 72.0 Å². The van der Waals surface area contributed by atoms with E-state index in [-0.39, 0.29) is 0 Å². The Morgan fingerprint density at radius 3 is 2.67 bits per heavy atom. The van der Waals surface area contributed by atoms with Gasteiger partial charge in [0.15, 0.2) is 0 Å². The predicted molar refractivity (Wildman–Crippen MR) is 56.9 cm³/mol. The third kappa shape index (κ3) is 1.94. The van der Waals surface area contributed by atoms with Gasteiger partial charge in [0.05, 0.1) is 11.9 Å². The van der Waals surface area contributed by atoms with Crippen LogP contribution in [0.4, 0.5) is 5.69 Å². The van der Waals surface area contributed by atoms with Gasteiger partial charge in [-0.15, -0.1) is 0 Å². The normalized spacial score (nSPS) is 12.3. The summed E-state index contributed by atoms with van der Waals surface area (Å²) in [6.07, 6.45) is 3.80. The van der Waals surface area contributed by atoms with Gasteiger partial charge >= 0.3 is 0 Å². The molecule has 0 fully saturated rings. The van der Waals surface area contributed by atoms with Crippen molar-refractivity contribution in [1.29, 1.82) is 0 Å². The minimum atomic E-state index is -0.820. The summed E-state index contributed by atoms with van der Waals surface area (Å²) in [4.78, 5) is 7.93. The van der Waals surface area contributed by atoms with Crippen LogP contribution in [0.1, 0.15) is 17.4 Å². The van der Waals surface area contributed by atoms with Crippen LogP contribution in [0.3, 0.4) is 0 Å². The van der Waals surface area contributed by atoms with Crippen LogP contribution in [0.25, 0.3) is 0 Å². The minimum absolute atomic E-state index is 0.496. The van der Waals surface area contributed by atoms with Crippen LogP contribution in [0.5, 0.6) is 0 Å². The van der Waals surface area contributed by atoms with Gasteiger partial charge in [-0.3, -0.25) is 9.97 Å². The van der Waals surface area contributed by atoms with Crippen LogP contribution in [0, 0.1) is 0 Å². The van der Waals surface area contributed by atoms with Crippen molar-refractivity contribution in [2.75, 3.05) is 5.73 Å². The Kier molecular flexibility index (Phi) is 2.60. The Labute approximate surface area is 87.4 Å². The van der Waals surface area contributed by atoms with E-state index < -0.39 is 6.10 Å². The molecule has 1 unspecified atom stereocenters. The van der Waals surface area contributed by atoms with Gasteiger partial charge in [-0.2, -0.15) is 0 Å². The van der Waals surface area contributed by atoms with E-state index >= 15 is 0 Å². The van der Waals surface area contributed by atoms with E-state index in [1.54, 1.807) is 18.3 Å². The number of para-hydroxylation sites is 1. The van der Waals surface area contributed by atoms with Gasteiger partial charge in [-0.1, -0.05) is 18.2 Å². The molecule has 0 amide bonds. The van der Waals surface area contributed by atoms with Crippen LogP contribution >= 0.6 is 0 Å². The number of aliphatic hydroxyl groups excluding tert-OH is 1. The molecule has 4 nitrogen and oxygen atoms in total. The van der Waals surface area contributed by atoms with Crippen LogP contribution in [-0.2, 0) is 0 Å². The lowest BCUT2D eigenvalue weighted by atomic mass is 10.1. The van der Waals surface area contributed by atoms with Crippen LogP contribution in [0.2, 0.25) is 0 Å². The second-order valence-electron chi connectivity index (χ2n) is 3.16. The molecule has 0 aliphatic carbocycles. The SMILES string of the molecule is Nc1ccccc1C(O)c1cnccn1. The summed E-state index contributed by atoms with van der Waals surface area (Å²) in [6, 6.07) is 7.16. The summed E-state index contributed by atoms with van der Waals surface area (Å²) in [6.45, 7) is 0. The zero-order valence-corrected chi connectivity index (χ0v) is 8.04. The first-order chi connectivity index (χ1) is 7.29. The average molecular weight is 201 g/mol. The Morgan fingerprint density at radius 2 is 2.00 bits per heavy atom. The molecule has 1 atom stereocenters. The maximum atomic E-state index is 9.99. The van der Waals surface area contributed by atoms with Crippen molar-refractivity contribution < 1.29 is 5.11 Å². The molecule has 1 aromatic carbocycles. The molecule has 0 radical (unpaired) electrons. The van der Waals surface area contributed by atoms with Crippen LogP contribution < -0.4 is 5.73 Å². The van der Waals surface area contributed by atoms with E-state index in [0.717, 1.165) is 0 Å². The lowest BCUT2D eigenvalue weighted by molar-refractivity contribution is 0.215. The first kappa shape index (κ1) is 9.61. The highest BCUT2D eigenvalue weighted by atomic mass is 16.3. The third-order valence-corrected chi connectivity index (χ3v) is 2.15. The van der Waals surface area contributed by atoms with Crippen LogP contribution in [0.15, 0.2) is 42.9 Å². The fourth-order valence-electron chi connectivity index (χ4n) is 1.37. The van der Waals surface area contributed by atoms with Crippen molar-refractivity contribution in [3.63, 3.8) is 0 Å². The number of nitrogens with zero attached hydrogens (tertiary/aromatic N) is 2. The maximum absolute atomic E-state index is 9.99. The van der Waals surface area contributed by atoms with E-state index in [0.29, 0.717) is 16.9 Å². The highest BCUT2D eigenvalue weighted by Gasteiger charge is 2.13. The van der Waals surface area contributed by atoms with E-state index in [4.69, 9.17) is 5.73 Å². The predicted octanol–water partition coefficient (Wildman–Crippen LogP) is 1.14. The number of benzene rings is 1. The van der Waals surface area contributed by atoms with E-state index in [1.807, 2.05) is 12.1 Å². The van der Waals surface area contributed by atoms with Crippen molar-refractivity contribution in [3.8, 4) is 0 Å². The summed E-state index contributed by atoms with van der Waals surface area (Å²) in [5.41, 5.74) is 7.45. The Balaban J connectivity index is 2.37. The molecule has 4 heteroatoms. The first-order valence-electron chi connectivity index (χ1n) is 4.57. The van der Waals surface area contributed by atoms with Crippen LogP contribution in [-0.4, -0.2) is 15.1 Å². The number of hydrogen-bond acceptors (Lipinski definition) is 4. The lowest BCUT2D eigenvalue weighted by Gasteiger charge is -2.11. The summed E-state index contributed by atoms with van der Waals surface area (Å²) in [7, 11) is 0. The summed E-state index contributed by atoms with van der Waals surface area (Å²) >= 11 is 0. The smallest absolute Gasteiger partial charge is 0.124 e. The van der Waals surface area contributed by atoms with Gasteiger partial charge in [0.2, 0.25) is 0 Å². The number of nitrogens with two attached hydrogens (primary N) is 1. The zero-order chi connectivity index (χ0) is 10.7. The largest absolute Gasteiger partial charge is 0.398 e. The fourth-order valence-corrected chi connectivity index (χ4v) is 1.37. The van der Waals surface area contributed by atoms with E-state index in [9.17, 15) is 5.11 Å². The highest BCUT2D eigenvalue weighted by molar-refractivity contribution is 5.49. The zero-order valence-electron chi connectivity index (χ0n) is 8.04. The Bertz CT molecular complexity index is 445. The molecular formula is C11H11N3O. The number of hydrogen-bond donors (Lipinski definition) is 2. The number of aliphatic hydroxyl groups is 1. The van der Waals surface area contributed by atoms with Crippen molar-refractivity contribution in [2.24, 2.45) is 0 Å². The monoisotopic (exact) mass is 201 g/mol. The Hall–Kier alpha value is -1.94. The molecule has 15 heavy (non-hydrogen) atoms. The molecule has 0 spiro atoms. The second-order valence-corrected chi connectivity index (χ2v) is 3.16. The number of anilines is 1. The molecular weight excluding hydrogens is 190 g/mol. The maximum Gasteiger partial charge on any atom is 0.124 e. The number of rotatable bonds is 2. The molecule has 2 rings (SSSR count). The Morgan fingerprint density at radius 1 is 1.20 bits per heavy atom. The second kappa shape index (κ2) is 4.06. The number of aromatic nitrogens is 2. The van der Waals surface area contributed by atoms with Crippen molar-refractivity contribution >= 4 is 5.69 Å². The molecule has 0 saturated carbocycles. The van der Waals surface area contributed by atoms with Crippen molar-refractivity contribution in [2.45, 2.75) is 6.10 Å². The van der Waals surface area contributed by atoms with Gasteiger partial charge in [0.25, 0.3) is 0 Å². The van der Waals surface area contributed by atoms with E-state index in [1.165, 1.54) is 12.4 Å². The molecule has 0 bridgehead atoms. The molecule has 3 N–H and O–H groups in total. The van der Waals surface area contributed by atoms with Crippen molar-refractivity contribution in [3.05, 3.63) is 54.1 Å². The summed E-state index contributed by atoms with van der Waals surface area (Å²) < 4.78 is 0. The molecule has 1 heterocycles. The number of nitrogen functional groups attached to an aromatic ring is 1. The fraction of sp³-hybridized carbons (Fsp3) is 0.0909. The van der Waals surface area contributed by atoms with Gasteiger partial charge in [-0.05, 0) is 6.07 Å². The first-order valence-corrected chi connectivity index (χ1v) is 4.57. The average Bonchev–Trinajstić information content (AvgIpc) is 2.30. The highest BCUT2D eigenvalue weighted by Crippen LogP contribution is 2.24. The molecule has 1 aromatic heterocycles. The van der Waals surface area contributed by atoms with Gasteiger partial charge in [-0.25, -0.2) is 0 Å². The lowest BCUT2D eigenvalue weighted by Crippen LogP contribution is -2.05. The molecule has 2 aromatic rings. The quantitative estimate of drug-likeness (QED) is 0.715. The van der Waals surface area contributed by atoms with Gasteiger partial charge < -0.3 is 10.8 Å². The summed E-state index contributed by atoms with van der Waals surface area (Å²) in [5.74, 6) is 0. The van der Waals surface area contributed by atoms with Crippen molar-refractivity contribution in [1.82, 2.24) is 9.97 Å². The standard InChI is InChI=1S/C11H11N3O/c12-9-4-2-1-3-8(9)11(15)10-7-13-5-6-14-10/h1-7,11,15H,12H2. The molecule has 76 valence electrons. The third-order valence-electron chi connectivity index (χ3n) is 2.15. The minimum Gasteiger partial charge on any atom is -0.398 e. The summed E-state index contributed by atoms with van der Waals surface area (Å²) in [5, 5.41) is 9.99. The molecule has 0 aliphatic heterocycles.